The van der Waals surface area contributed by atoms with Gasteiger partial charge in [0.15, 0.2) is 11.7 Å². The predicted octanol–water partition coefficient (Wildman–Crippen LogP) is 4.39. The van der Waals surface area contributed by atoms with Crippen molar-refractivity contribution >= 4 is 11.7 Å². The molecule has 1 unspecified atom stereocenters. The second-order valence-corrected chi connectivity index (χ2v) is 8.53. The van der Waals surface area contributed by atoms with Gasteiger partial charge in [0.05, 0.1) is 11.8 Å². The molecule has 0 saturated carbocycles. The van der Waals surface area contributed by atoms with Crippen LogP contribution in [0, 0.1) is 16.7 Å². The first kappa shape index (κ1) is 19.7. The number of amides is 1. The molecule has 1 aliphatic rings. The zero-order valence-electron chi connectivity index (χ0n) is 17.1. The number of carbonyl (C=O) groups is 2. The second-order valence-electron chi connectivity index (χ2n) is 8.53. The summed E-state index contributed by atoms with van der Waals surface area (Å²) in [5, 5.41) is 9.82. The molecule has 4 rings (SSSR count). The van der Waals surface area contributed by atoms with Crippen molar-refractivity contribution in [3.63, 3.8) is 0 Å². The number of hydrogen-bond donors (Lipinski definition) is 1. The molecule has 2 N–H and O–H groups in total. The van der Waals surface area contributed by atoms with E-state index in [0.717, 1.165) is 16.9 Å². The van der Waals surface area contributed by atoms with Gasteiger partial charge in [0, 0.05) is 28.9 Å². The minimum absolute atomic E-state index is 0.0513. The summed E-state index contributed by atoms with van der Waals surface area (Å²) < 4.78 is 2.03. The highest BCUT2D eigenvalue weighted by atomic mass is 16.1. The standard InChI is InChI=1S/C25H23N3O2/c1-25(2)13-19-22(20(29)14-25)21(18(15-26)24(27)30)23(16-9-5-3-6-10-16)28(19)17-11-7-4-8-12-17/h3-12,18H,13-14H2,1-2H3,(H2,27,30). The molecule has 30 heavy (non-hydrogen) atoms. The number of Topliss-reactive ketones (excluding diaryl/α,β-unsaturated/α-hetero) is 1. The molecule has 2 aromatic carbocycles. The van der Waals surface area contributed by atoms with E-state index < -0.39 is 11.8 Å². The van der Waals surface area contributed by atoms with Crippen molar-refractivity contribution in [2.45, 2.75) is 32.6 Å². The summed E-state index contributed by atoms with van der Waals surface area (Å²) in [7, 11) is 0. The normalized spacial score (nSPS) is 15.8. The number of primary amides is 1. The maximum absolute atomic E-state index is 13.3. The van der Waals surface area contributed by atoms with Crippen molar-refractivity contribution in [3.8, 4) is 23.0 Å². The minimum Gasteiger partial charge on any atom is -0.368 e. The Hall–Kier alpha value is -3.65. The Morgan fingerprint density at radius 1 is 1.07 bits per heavy atom. The van der Waals surface area contributed by atoms with Crippen molar-refractivity contribution in [2.24, 2.45) is 11.1 Å². The van der Waals surface area contributed by atoms with Crippen LogP contribution in [0.25, 0.3) is 16.9 Å². The van der Waals surface area contributed by atoms with Crippen molar-refractivity contribution in [2.75, 3.05) is 0 Å². The van der Waals surface area contributed by atoms with Gasteiger partial charge in [-0.2, -0.15) is 5.26 Å². The third-order valence-electron chi connectivity index (χ3n) is 5.63. The van der Waals surface area contributed by atoms with Gasteiger partial charge >= 0.3 is 0 Å². The molecule has 1 aromatic heterocycles. The lowest BCUT2D eigenvalue weighted by Gasteiger charge is -2.30. The van der Waals surface area contributed by atoms with E-state index >= 15 is 0 Å². The van der Waals surface area contributed by atoms with Gasteiger partial charge in [0.25, 0.3) is 0 Å². The number of para-hydroxylation sites is 1. The molecule has 0 bridgehead atoms. The maximum atomic E-state index is 13.3. The first-order chi connectivity index (χ1) is 14.3. The first-order valence-electron chi connectivity index (χ1n) is 9.94. The highest BCUT2D eigenvalue weighted by Crippen LogP contribution is 2.45. The lowest BCUT2D eigenvalue weighted by Crippen LogP contribution is -2.29. The van der Waals surface area contributed by atoms with Crippen molar-refractivity contribution < 1.29 is 9.59 Å². The number of nitrogens with two attached hydrogens (primary N) is 1. The number of carbonyl (C=O) groups excluding carboxylic acids is 2. The van der Waals surface area contributed by atoms with Gasteiger partial charge in [-0.3, -0.25) is 9.59 Å². The van der Waals surface area contributed by atoms with E-state index in [4.69, 9.17) is 5.73 Å². The zero-order valence-corrected chi connectivity index (χ0v) is 17.1. The Morgan fingerprint density at radius 3 is 2.23 bits per heavy atom. The third-order valence-corrected chi connectivity index (χ3v) is 5.63. The van der Waals surface area contributed by atoms with Gasteiger partial charge in [-0.25, -0.2) is 0 Å². The number of fused-ring (bicyclic) bond motifs is 1. The molecule has 1 aliphatic carbocycles. The number of hydrogen-bond acceptors (Lipinski definition) is 3. The van der Waals surface area contributed by atoms with Crippen LogP contribution < -0.4 is 5.73 Å². The Morgan fingerprint density at radius 2 is 1.67 bits per heavy atom. The number of benzene rings is 2. The number of aromatic nitrogens is 1. The topological polar surface area (TPSA) is 88.9 Å². The van der Waals surface area contributed by atoms with Crippen LogP contribution in [0.3, 0.4) is 0 Å². The van der Waals surface area contributed by atoms with Crippen LogP contribution in [0.15, 0.2) is 60.7 Å². The van der Waals surface area contributed by atoms with E-state index in [2.05, 4.69) is 13.8 Å². The van der Waals surface area contributed by atoms with Gasteiger partial charge in [-0.15, -0.1) is 0 Å². The summed E-state index contributed by atoms with van der Waals surface area (Å²) in [6.45, 7) is 4.13. The van der Waals surface area contributed by atoms with E-state index in [0.29, 0.717) is 29.7 Å². The predicted molar refractivity (Wildman–Crippen MR) is 115 cm³/mol. The molecular weight excluding hydrogens is 374 g/mol. The lowest BCUT2D eigenvalue weighted by atomic mass is 9.74. The first-order valence-corrected chi connectivity index (χ1v) is 9.94. The molecule has 0 fully saturated rings. The Kier molecular flexibility index (Phi) is 4.79. The fourth-order valence-corrected chi connectivity index (χ4v) is 4.45. The van der Waals surface area contributed by atoms with Crippen LogP contribution in [0.2, 0.25) is 0 Å². The molecule has 1 atom stereocenters. The SMILES string of the molecule is CC1(C)CC(=O)c2c(C(C#N)C(N)=O)c(-c3ccccc3)n(-c3ccccc3)c2C1. The average molecular weight is 397 g/mol. The molecule has 3 aromatic rings. The second kappa shape index (κ2) is 7.31. The molecule has 0 spiro atoms. The number of ketones is 1. The van der Waals surface area contributed by atoms with Crippen molar-refractivity contribution in [1.29, 1.82) is 5.26 Å². The molecular formula is C25H23N3O2. The van der Waals surface area contributed by atoms with Gasteiger partial charge in [-0.05, 0) is 29.5 Å². The fraction of sp³-hybridized carbons (Fsp3) is 0.240. The van der Waals surface area contributed by atoms with Crippen LogP contribution in [-0.4, -0.2) is 16.3 Å². The Balaban J connectivity index is 2.18. The Bertz CT molecular complexity index is 1170. The van der Waals surface area contributed by atoms with Crippen molar-refractivity contribution in [1.82, 2.24) is 4.57 Å². The molecule has 0 saturated heterocycles. The third kappa shape index (κ3) is 3.21. The van der Waals surface area contributed by atoms with Crippen LogP contribution in [0.4, 0.5) is 0 Å². The molecule has 1 amide bonds. The summed E-state index contributed by atoms with van der Waals surface area (Å²) in [6.07, 6.45) is 1.01. The van der Waals surface area contributed by atoms with E-state index in [-0.39, 0.29) is 11.2 Å². The van der Waals surface area contributed by atoms with E-state index in [1.165, 1.54) is 0 Å². The quantitative estimate of drug-likeness (QED) is 0.708. The molecule has 150 valence electrons. The number of nitrogens with zero attached hydrogens (tertiary/aromatic N) is 2. The molecule has 5 nitrogen and oxygen atoms in total. The van der Waals surface area contributed by atoms with Gasteiger partial charge in [0.1, 0.15) is 0 Å². The van der Waals surface area contributed by atoms with Crippen molar-refractivity contribution in [3.05, 3.63) is 77.5 Å². The summed E-state index contributed by atoms with van der Waals surface area (Å²) >= 11 is 0. The van der Waals surface area contributed by atoms with Crippen LogP contribution in [0.1, 0.15) is 47.8 Å². The molecule has 1 heterocycles. The largest absolute Gasteiger partial charge is 0.368 e. The summed E-state index contributed by atoms with van der Waals surface area (Å²) in [4.78, 5) is 25.6. The van der Waals surface area contributed by atoms with Gasteiger partial charge in [0.2, 0.25) is 5.91 Å². The van der Waals surface area contributed by atoms with E-state index in [1.54, 1.807) is 0 Å². The lowest BCUT2D eigenvalue weighted by molar-refractivity contribution is -0.118. The molecule has 5 heteroatoms. The summed E-state index contributed by atoms with van der Waals surface area (Å²) in [5.41, 5.74) is 9.52. The zero-order chi connectivity index (χ0) is 21.5. The fourth-order valence-electron chi connectivity index (χ4n) is 4.45. The molecule has 0 radical (unpaired) electrons. The van der Waals surface area contributed by atoms with Crippen LogP contribution in [-0.2, 0) is 11.2 Å². The van der Waals surface area contributed by atoms with Gasteiger partial charge in [-0.1, -0.05) is 62.4 Å². The molecule has 0 aliphatic heterocycles. The van der Waals surface area contributed by atoms with E-state index in [1.807, 2.05) is 71.3 Å². The highest BCUT2D eigenvalue weighted by Gasteiger charge is 2.41. The van der Waals surface area contributed by atoms with Crippen LogP contribution >= 0.6 is 0 Å². The maximum Gasteiger partial charge on any atom is 0.239 e. The smallest absolute Gasteiger partial charge is 0.239 e. The number of rotatable bonds is 4. The Labute approximate surface area is 175 Å². The summed E-state index contributed by atoms with van der Waals surface area (Å²) in [6, 6.07) is 21.3. The van der Waals surface area contributed by atoms with Gasteiger partial charge < -0.3 is 10.3 Å². The highest BCUT2D eigenvalue weighted by molar-refractivity contribution is 6.05. The van der Waals surface area contributed by atoms with Crippen LogP contribution in [0.5, 0.6) is 0 Å². The summed E-state index contributed by atoms with van der Waals surface area (Å²) in [5.74, 6) is -2.01. The number of nitriles is 1. The van der Waals surface area contributed by atoms with E-state index in [9.17, 15) is 14.9 Å². The average Bonchev–Trinajstić information content (AvgIpc) is 3.03. The minimum atomic E-state index is -1.20. The monoisotopic (exact) mass is 397 g/mol.